The first-order valence-electron chi connectivity index (χ1n) is 13.5. The molecule has 0 amide bonds. The Bertz CT molecular complexity index is 742. The molecule has 0 aliphatic heterocycles. The summed E-state index contributed by atoms with van der Waals surface area (Å²) in [4.78, 5) is 35.0. The highest BCUT2D eigenvalue weighted by Crippen LogP contribution is 2.02. The van der Waals surface area contributed by atoms with E-state index in [1.54, 1.807) is 30.3 Å². The Morgan fingerprint density at radius 2 is 0.949 bits per heavy atom. The number of Topliss-reactive ketones (excluding diaryl/α,β-unsaturated/α-hetero) is 1. The van der Waals surface area contributed by atoms with Crippen LogP contribution in [0.4, 0.5) is 0 Å². The zero-order valence-corrected chi connectivity index (χ0v) is 23.1. The van der Waals surface area contributed by atoms with E-state index in [0.717, 1.165) is 19.3 Å². The van der Waals surface area contributed by atoms with Crippen LogP contribution in [0.2, 0.25) is 0 Å². The van der Waals surface area contributed by atoms with Crippen LogP contribution in [0, 0.1) is 0 Å². The van der Waals surface area contributed by atoms with Crippen molar-refractivity contribution in [2.24, 2.45) is 0 Å². The molecule has 39 heavy (non-hydrogen) atoms. The molecule has 0 bridgehead atoms. The number of unbranched alkanes of at least 4 members (excludes halogenated alkanes) is 2. The van der Waals surface area contributed by atoms with Gasteiger partial charge in [-0.05, 0) is 6.42 Å². The highest BCUT2D eigenvalue weighted by Gasteiger charge is 2.17. The van der Waals surface area contributed by atoms with Crippen molar-refractivity contribution < 1.29 is 52.3 Å². The van der Waals surface area contributed by atoms with Gasteiger partial charge in [0.1, 0.15) is 13.2 Å². The maximum atomic E-state index is 11.8. The Morgan fingerprint density at radius 3 is 1.38 bits per heavy atom. The largest absolute Gasteiger partial charge is 0.463 e. The normalized spacial score (nSPS) is 10.9. The lowest BCUT2D eigenvalue weighted by molar-refractivity contribution is -0.145. The van der Waals surface area contributed by atoms with Crippen LogP contribution < -0.4 is 0 Å². The lowest BCUT2D eigenvalue weighted by Crippen LogP contribution is -2.20. The van der Waals surface area contributed by atoms with Crippen molar-refractivity contribution in [2.75, 3.05) is 92.5 Å². The minimum absolute atomic E-state index is 0.00273. The van der Waals surface area contributed by atoms with Crippen molar-refractivity contribution in [1.29, 1.82) is 0 Å². The number of ketones is 1. The second-order valence-electron chi connectivity index (χ2n) is 8.18. The zero-order valence-electron chi connectivity index (χ0n) is 23.1. The van der Waals surface area contributed by atoms with E-state index in [9.17, 15) is 14.4 Å². The van der Waals surface area contributed by atoms with Gasteiger partial charge in [0.05, 0.1) is 79.3 Å². The fourth-order valence-electron chi connectivity index (χ4n) is 2.97. The minimum atomic E-state index is -0.898. The summed E-state index contributed by atoms with van der Waals surface area (Å²) >= 11 is 0. The van der Waals surface area contributed by atoms with E-state index in [1.165, 1.54) is 0 Å². The average molecular weight is 557 g/mol. The van der Waals surface area contributed by atoms with Crippen molar-refractivity contribution in [3.63, 3.8) is 0 Å². The summed E-state index contributed by atoms with van der Waals surface area (Å²) in [6, 6.07) is 8.25. The SMILES string of the molecule is CCCCCC(=O)OCCOCCOCCOCCOCCOCCOCCOC(=O)C(=O)c1ccccc1. The third-order valence-corrected chi connectivity index (χ3v) is 5.02. The number of hydrogen-bond acceptors (Lipinski definition) is 11. The molecule has 1 rings (SSSR count). The Hall–Kier alpha value is -2.41. The van der Waals surface area contributed by atoms with Gasteiger partial charge in [-0.15, -0.1) is 0 Å². The number of benzene rings is 1. The molecule has 0 unspecified atom stereocenters. The van der Waals surface area contributed by atoms with Crippen LogP contribution in [0.3, 0.4) is 0 Å². The van der Waals surface area contributed by atoms with E-state index >= 15 is 0 Å². The third kappa shape index (κ3) is 21.1. The molecule has 0 fully saturated rings. The van der Waals surface area contributed by atoms with Crippen LogP contribution >= 0.6 is 0 Å². The molecule has 0 radical (unpaired) electrons. The molecular weight excluding hydrogens is 512 g/mol. The van der Waals surface area contributed by atoms with E-state index in [2.05, 4.69) is 6.92 Å². The summed E-state index contributed by atoms with van der Waals surface area (Å²) < 4.78 is 42.3. The summed E-state index contributed by atoms with van der Waals surface area (Å²) in [5, 5.41) is 0. The minimum Gasteiger partial charge on any atom is -0.463 e. The van der Waals surface area contributed by atoms with E-state index in [1.807, 2.05) is 0 Å². The summed E-state index contributed by atoms with van der Waals surface area (Å²) in [6.07, 6.45) is 3.46. The first-order valence-corrected chi connectivity index (χ1v) is 13.5. The summed E-state index contributed by atoms with van der Waals surface area (Å²) in [5.74, 6) is -1.74. The molecule has 0 saturated heterocycles. The molecule has 222 valence electrons. The van der Waals surface area contributed by atoms with E-state index < -0.39 is 11.8 Å². The highest BCUT2D eigenvalue weighted by atomic mass is 16.6. The van der Waals surface area contributed by atoms with Gasteiger partial charge in [0, 0.05) is 12.0 Å². The van der Waals surface area contributed by atoms with Crippen LogP contribution in [-0.4, -0.2) is 110 Å². The lowest BCUT2D eigenvalue weighted by Gasteiger charge is -2.08. The maximum Gasteiger partial charge on any atom is 0.379 e. The maximum absolute atomic E-state index is 11.8. The number of rotatable bonds is 27. The van der Waals surface area contributed by atoms with Crippen molar-refractivity contribution in [3.8, 4) is 0 Å². The van der Waals surface area contributed by atoms with E-state index in [-0.39, 0.29) is 25.8 Å². The van der Waals surface area contributed by atoms with Gasteiger partial charge in [0.2, 0.25) is 0 Å². The summed E-state index contributed by atoms with van der Waals surface area (Å²) in [5.41, 5.74) is 0.295. The molecule has 11 heteroatoms. The van der Waals surface area contributed by atoms with Crippen molar-refractivity contribution in [1.82, 2.24) is 0 Å². The van der Waals surface area contributed by atoms with Crippen LogP contribution in [0.15, 0.2) is 30.3 Å². The molecule has 1 aromatic rings. The molecule has 0 saturated carbocycles. The molecule has 0 heterocycles. The fraction of sp³-hybridized carbons (Fsp3) is 0.679. The number of ether oxygens (including phenoxy) is 8. The second kappa shape index (κ2) is 25.8. The predicted octanol–water partition coefficient (Wildman–Crippen LogP) is 2.64. The van der Waals surface area contributed by atoms with Crippen molar-refractivity contribution in [2.45, 2.75) is 32.6 Å². The summed E-state index contributed by atoms with van der Waals surface area (Å²) in [7, 11) is 0. The molecule has 1 aromatic carbocycles. The second-order valence-corrected chi connectivity index (χ2v) is 8.18. The van der Waals surface area contributed by atoms with Crippen LogP contribution in [-0.2, 0) is 47.5 Å². The number of hydrogen-bond donors (Lipinski definition) is 0. The number of carbonyl (C=O) groups excluding carboxylic acids is 3. The quantitative estimate of drug-likeness (QED) is 0.0687. The fourth-order valence-corrected chi connectivity index (χ4v) is 2.97. The predicted molar refractivity (Wildman–Crippen MR) is 142 cm³/mol. The van der Waals surface area contributed by atoms with Crippen LogP contribution in [0.1, 0.15) is 43.0 Å². The van der Waals surface area contributed by atoms with E-state index in [0.29, 0.717) is 84.7 Å². The highest BCUT2D eigenvalue weighted by molar-refractivity contribution is 6.40. The van der Waals surface area contributed by atoms with E-state index in [4.69, 9.17) is 37.9 Å². The van der Waals surface area contributed by atoms with Gasteiger partial charge >= 0.3 is 11.9 Å². The standard InChI is InChI=1S/C28H44O11/c1-2-3-5-10-26(29)38-23-21-36-19-17-34-15-13-32-11-12-33-14-16-35-18-20-37-22-24-39-28(31)27(30)25-8-6-4-7-9-25/h4,6-9H,2-3,5,10-24H2,1H3. The molecule has 0 aliphatic carbocycles. The van der Waals surface area contributed by atoms with Crippen LogP contribution in [0.5, 0.6) is 0 Å². The molecule has 0 N–H and O–H groups in total. The lowest BCUT2D eigenvalue weighted by atomic mass is 10.1. The van der Waals surface area contributed by atoms with Gasteiger partial charge in [-0.2, -0.15) is 0 Å². The molecule has 0 atom stereocenters. The molecule has 0 aromatic heterocycles. The number of carbonyl (C=O) groups is 3. The summed E-state index contributed by atoms with van der Waals surface area (Å²) in [6.45, 7) is 7.19. The van der Waals surface area contributed by atoms with Gasteiger partial charge in [-0.1, -0.05) is 50.1 Å². The van der Waals surface area contributed by atoms with Gasteiger partial charge in [-0.3, -0.25) is 9.59 Å². The van der Waals surface area contributed by atoms with Crippen LogP contribution in [0.25, 0.3) is 0 Å². The molecule has 11 nitrogen and oxygen atoms in total. The topological polar surface area (TPSA) is 125 Å². The number of esters is 2. The smallest absolute Gasteiger partial charge is 0.379 e. The van der Waals surface area contributed by atoms with Gasteiger partial charge in [0.25, 0.3) is 5.78 Å². The zero-order chi connectivity index (χ0) is 28.2. The van der Waals surface area contributed by atoms with Crippen molar-refractivity contribution >= 4 is 17.7 Å². The Labute approximate surface area is 231 Å². The van der Waals surface area contributed by atoms with Crippen molar-refractivity contribution in [3.05, 3.63) is 35.9 Å². The first-order chi connectivity index (χ1) is 19.1. The van der Waals surface area contributed by atoms with Gasteiger partial charge in [-0.25, -0.2) is 4.79 Å². The third-order valence-electron chi connectivity index (χ3n) is 5.02. The first kappa shape index (κ1) is 34.6. The monoisotopic (exact) mass is 556 g/mol. The molecule has 0 spiro atoms. The Kier molecular flexibility index (Phi) is 22.9. The Morgan fingerprint density at radius 1 is 0.538 bits per heavy atom. The Balaban J connectivity index is 1.73. The van der Waals surface area contributed by atoms with Gasteiger partial charge < -0.3 is 37.9 Å². The molecular formula is C28H44O11. The molecule has 0 aliphatic rings. The van der Waals surface area contributed by atoms with Gasteiger partial charge in [0.15, 0.2) is 0 Å². The average Bonchev–Trinajstić information content (AvgIpc) is 2.95.